The van der Waals surface area contributed by atoms with Crippen LogP contribution in [-0.2, 0) is 0 Å². The molecule has 3 nitrogen and oxygen atoms in total. The van der Waals surface area contributed by atoms with E-state index in [1.54, 1.807) is 0 Å². The minimum absolute atomic E-state index is 0.0179. The Morgan fingerprint density at radius 2 is 2.00 bits per heavy atom. The van der Waals surface area contributed by atoms with Crippen LogP contribution in [0.4, 0.5) is 8.78 Å². The first kappa shape index (κ1) is 13.1. The van der Waals surface area contributed by atoms with Gasteiger partial charge in [-0.15, -0.1) is 0 Å². The summed E-state index contributed by atoms with van der Waals surface area (Å²) in [4.78, 5) is 3.97. The fourth-order valence-electron chi connectivity index (χ4n) is 1.19. The molecule has 6 heteroatoms. The molecule has 3 N–H and O–H groups in total. The molecule has 16 heavy (non-hydrogen) atoms. The number of amidine groups is 1. The molecule has 0 aliphatic rings. The van der Waals surface area contributed by atoms with E-state index < -0.39 is 11.6 Å². The van der Waals surface area contributed by atoms with Gasteiger partial charge in [0, 0.05) is 11.0 Å². The molecule has 0 aliphatic carbocycles. The number of halogens is 3. The molecule has 1 rings (SSSR count). The molecule has 0 saturated carbocycles. The summed E-state index contributed by atoms with van der Waals surface area (Å²) in [7, 11) is 0. The Balaban J connectivity index is 3.20. The highest BCUT2D eigenvalue weighted by Gasteiger charge is 2.15. The smallest absolute Gasteiger partial charge is 0.148 e. The maximum Gasteiger partial charge on any atom is 0.148 e. The van der Waals surface area contributed by atoms with Gasteiger partial charge in [-0.1, -0.05) is 22.9 Å². The quantitative estimate of drug-likeness (QED) is 0.389. The Morgan fingerprint density at radius 1 is 1.44 bits per heavy atom. The lowest BCUT2D eigenvalue weighted by molar-refractivity contribution is 0.575. The predicted molar refractivity (Wildman–Crippen MR) is 63.1 cm³/mol. The molecule has 1 aromatic rings. The zero-order valence-electron chi connectivity index (χ0n) is 8.73. The van der Waals surface area contributed by atoms with Gasteiger partial charge in [0.15, 0.2) is 0 Å². The number of nitrogens with zero attached hydrogens (tertiary/aromatic N) is 1. The van der Waals surface area contributed by atoms with Crippen LogP contribution in [0.5, 0.6) is 0 Å². The number of nitrogens with two attached hydrogens (primary N) is 1. The van der Waals surface area contributed by atoms with Crippen molar-refractivity contribution < 1.29 is 8.78 Å². The van der Waals surface area contributed by atoms with E-state index in [2.05, 4.69) is 26.3 Å². The van der Waals surface area contributed by atoms with Crippen LogP contribution in [0.25, 0.3) is 0 Å². The van der Waals surface area contributed by atoms with Crippen molar-refractivity contribution in [1.82, 2.24) is 5.43 Å². The zero-order valence-corrected chi connectivity index (χ0v) is 10.3. The molecule has 0 bridgehead atoms. The number of hydrogen-bond donors (Lipinski definition) is 2. The highest BCUT2D eigenvalue weighted by molar-refractivity contribution is 9.10. The van der Waals surface area contributed by atoms with E-state index in [-0.39, 0.29) is 11.4 Å². The average Bonchev–Trinajstić information content (AvgIpc) is 2.21. The van der Waals surface area contributed by atoms with Crippen molar-refractivity contribution in [2.24, 2.45) is 10.8 Å². The lowest BCUT2D eigenvalue weighted by Crippen LogP contribution is -2.33. The third kappa shape index (κ3) is 2.99. The summed E-state index contributed by atoms with van der Waals surface area (Å²) in [6.45, 7) is 2.36. The summed E-state index contributed by atoms with van der Waals surface area (Å²) < 4.78 is 27.4. The fourth-order valence-corrected chi connectivity index (χ4v) is 1.59. The van der Waals surface area contributed by atoms with Gasteiger partial charge in [-0.25, -0.2) is 14.6 Å². The molecule has 0 aliphatic heterocycles. The van der Waals surface area contributed by atoms with Gasteiger partial charge in [0.2, 0.25) is 0 Å². The fraction of sp³-hybridized carbons (Fsp3) is 0.300. The molecule has 0 saturated heterocycles. The second-order valence-corrected chi connectivity index (χ2v) is 4.03. The third-order valence-electron chi connectivity index (χ3n) is 1.87. The van der Waals surface area contributed by atoms with Gasteiger partial charge in [-0.2, -0.15) is 0 Å². The monoisotopic (exact) mass is 291 g/mol. The molecule has 1 aromatic carbocycles. The third-order valence-corrected chi connectivity index (χ3v) is 2.33. The van der Waals surface area contributed by atoms with Gasteiger partial charge in [0.25, 0.3) is 0 Å². The van der Waals surface area contributed by atoms with Crippen molar-refractivity contribution in [3.05, 3.63) is 33.8 Å². The topological polar surface area (TPSA) is 50.4 Å². The second kappa shape index (κ2) is 5.91. The molecule has 0 aromatic heterocycles. The molecule has 88 valence electrons. The number of nitrogens with one attached hydrogen (secondary N) is 1. The van der Waals surface area contributed by atoms with E-state index in [0.29, 0.717) is 11.0 Å². The van der Waals surface area contributed by atoms with E-state index in [4.69, 9.17) is 5.84 Å². The minimum Gasteiger partial charge on any atom is -0.308 e. The first-order chi connectivity index (χ1) is 7.60. The normalized spacial score (nSPS) is 11.7. The van der Waals surface area contributed by atoms with Crippen LogP contribution in [0.1, 0.15) is 18.9 Å². The van der Waals surface area contributed by atoms with Gasteiger partial charge < -0.3 is 5.43 Å². The maximum absolute atomic E-state index is 13.5. The highest BCUT2D eigenvalue weighted by Crippen LogP contribution is 2.19. The summed E-state index contributed by atoms with van der Waals surface area (Å²) in [5.41, 5.74) is 1.97. The maximum atomic E-state index is 13.5. The van der Waals surface area contributed by atoms with E-state index >= 15 is 0 Å². The zero-order chi connectivity index (χ0) is 12.1. The van der Waals surface area contributed by atoms with E-state index in [1.807, 2.05) is 6.92 Å². The average molecular weight is 292 g/mol. The molecule has 0 amide bonds. The van der Waals surface area contributed by atoms with E-state index in [1.165, 1.54) is 0 Å². The molecular formula is C10H12BrF2N3. The Hall–Kier alpha value is -1.01. The summed E-state index contributed by atoms with van der Waals surface area (Å²) in [5.74, 6) is 3.80. The SMILES string of the molecule is CCCN=C(NN)c1c(F)cc(Br)cc1F. The summed E-state index contributed by atoms with van der Waals surface area (Å²) >= 11 is 3.00. The lowest BCUT2D eigenvalue weighted by atomic mass is 10.2. The van der Waals surface area contributed by atoms with Crippen LogP contribution >= 0.6 is 15.9 Å². The molecule has 0 fully saturated rings. The van der Waals surface area contributed by atoms with E-state index in [9.17, 15) is 8.78 Å². The summed E-state index contributed by atoms with van der Waals surface area (Å²) in [5, 5.41) is 0. The lowest BCUT2D eigenvalue weighted by Gasteiger charge is -2.08. The minimum atomic E-state index is -0.709. The number of hydrogen-bond acceptors (Lipinski definition) is 2. The summed E-state index contributed by atoms with van der Waals surface area (Å²) in [6.07, 6.45) is 0.769. The van der Waals surface area contributed by atoms with Crippen LogP contribution in [0.3, 0.4) is 0 Å². The number of aliphatic imine (C=N–C) groups is 1. The number of benzene rings is 1. The van der Waals surface area contributed by atoms with Crippen molar-refractivity contribution in [2.45, 2.75) is 13.3 Å². The van der Waals surface area contributed by atoms with Crippen molar-refractivity contribution in [1.29, 1.82) is 0 Å². The van der Waals surface area contributed by atoms with Crippen molar-refractivity contribution in [3.8, 4) is 0 Å². The second-order valence-electron chi connectivity index (χ2n) is 3.12. The van der Waals surface area contributed by atoms with Crippen LogP contribution in [0, 0.1) is 11.6 Å². The molecule has 0 unspecified atom stereocenters. The molecule has 0 heterocycles. The Bertz CT molecular complexity index is 384. The molecule has 0 spiro atoms. The number of hydrazine groups is 1. The predicted octanol–water partition coefficient (Wildman–Crippen LogP) is 2.35. The van der Waals surface area contributed by atoms with Crippen LogP contribution in [0.2, 0.25) is 0 Å². The van der Waals surface area contributed by atoms with E-state index in [0.717, 1.165) is 18.6 Å². The number of rotatable bonds is 3. The Labute approximate surface area is 101 Å². The van der Waals surface area contributed by atoms with Gasteiger partial charge >= 0.3 is 0 Å². The van der Waals surface area contributed by atoms with Crippen LogP contribution in [0.15, 0.2) is 21.6 Å². The van der Waals surface area contributed by atoms with Crippen molar-refractivity contribution in [2.75, 3.05) is 6.54 Å². The van der Waals surface area contributed by atoms with Gasteiger partial charge in [0.05, 0.1) is 5.56 Å². The standard InChI is InChI=1S/C10H12BrF2N3/c1-2-3-15-10(16-14)9-7(12)4-6(11)5-8(9)13/h4-5H,2-3,14H2,1H3,(H,15,16). The van der Waals surface area contributed by atoms with Crippen LogP contribution < -0.4 is 11.3 Å². The van der Waals surface area contributed by atoms with Gasteiger partial charge in [-0.05, 0) is 18.6 Å². The Morgan fingerprint density at radius 3 is 2.44 bits per heavy atom. The highest BCUT2D eigenvalue weighted by atomic mass is 79.9. The molecule has 0 atom stereocenters. The first-order valence-corrected chi connectivity index (χ1v) is 5.55. The summed E-state index contributed by atoms with van der Waals surface area (Å²) in [6, 6.07) is 2.33. The van der Waals surface area contributed by atoms with Gasteiger partial charge in [0.1, 0.15) is 17.5 Å². The van der Waals surface area contributed by atoms with Crippen molar-refractivity contribution in [3.63, 3.8) is 0 Å². The van der Waals surface area contributed by atoms with Crippen LogP contribution in [-0.4, -0.2) is 12.4 Å². The molecular weight excluding hydrogens is 280 g/mol. The largest absolute Gasteiger partial charge is 0.308 e. The first-order valence-electron chi connectivity index (χ1n) is 4.76. The molecule has 0 radical (unpaired) electrons. The Kier molecular flexibility index (Phi) is 4.82. The van der Waals surface area contributed by atoms with Crippen molar-refractivity contribution >= 4 is 21.8 Å². The van der Waals surface area contributed by atoms with Gasteiger partial charge in [-0.3, -0.25) is 4.99 Å².